The quantitative estimate of drug-likeness (QED) is 0.726. The largest absolute Gasteiger partial charge is 0.482 e. The first-order valence-electron chi connectivity index (χ1n) is 8.89. The standard InChI is InChI=1S/C21H28N2O2/c1-4-17(2)14-15-22-19-12-8-9-13-20(19)25-16-21(24)23(3)18-10-6-5-7-11-18/h5-13,17,22H,4,14-16H2,1-3H3. The number of hydrogen-bond donors (Lipinski definition) is 1. The van der Waals surface area contributed by atoms with Crippen molar-refractivity contribution in [3.8, 4) is 5.75 Å². The highest BCUT2D eigenvalue weighted by molar-refractivity contribution is 5.93. The van der Waals surface area contributed by atoms with Gasteiger partial charge in [-0.15, -0.1) is 0 Å². The normalized spacial score (nSPS) is 11.6. The first-order chi connectivity index (χ1) is 12.1. The molecule has 0 heterocycles. The molecule has 1 amide bonds. The van der Waals surface area contributed by atoms with Crippen molar-refractivity contribution in [3.05, 3.63) is 54.6 Å². The fourth-order valence-corrected chi connectivity index (χ4v) is 2.43. The molecule has 0 fully saturated rings. The van der Waals surface area contributed by atoms with Crippen LogP contribution in [0, 0.1) is 5.92 Å². The van der Waals surface area contributed by atoms with Crippen molar-refractivity contribution in [3.63, 3.8) is 0 Å². The molecule has 2 aromatic carbocycles. The average Bonchev–Trinajstić information content (AvgIpc) is 2.66. The zero-order valence-electron chi connectivity index (χ0n) is 15.4. The van der Waals surface area contributed by atoms with E-state index in [0.717, 1.165) is 24.3 Å². The summed E-state index contributed by atoms with van der Waals surface area (Å²) in [5.74, 6) is 1.32. The molecule has 1 N–H and O–H groups in total. The second-order valence-corrected chi connectivity index (χ2v) is 6.30. The molecule has 0 saturated carbocycles. The first kappa shape index (κ1) is 18.8. The average molecular weight is 340 g/mol. The van der Waals surface area contributed by atoms with Crippen LogP contribution >= 0.6 is 0 Å². The van der Waals surface area contributed by atoms with Crippen molar-refractivity contribution in [2.45, 2.75) is 26.7 Å². The van der Waals surface area contributed by atoms with E-state index in [2.05, 4.69) is 19.2 Å². The van der Waals surface area contributed by atoms with Gasteiger partial charge in [0.15, 0.2) is 6.61 Å². The number of para-hydroxylation sites is 3. The van der Waals surface area contributed by atoms with Gasteiger partial charge in [-0.05, 0) is 36.6 Å². The Labute approximate surface area is 150 Å². The van der Waals surface area contributed by atoms with Gasteiger partial charge in [0.1, 0.15) is 5.75 Å². The number of benzene rings is 2. The zero-order valence-corrected chi connectivity index (χ0v) is 15.4. The number of carbonyl (C=O) groups is 1. The predicted molar refractivity (Wildman–Crippen MR) is 104 cm³/mol. The number of likely N-dealkylation sites (N-methyl/N-ethyl adjacent to an activating group) is 1. The maximum absolute atomic E-state index is 12.4. The lowest BCUT2D eigenvalue weighted by Crippen LogP contribution is -2.31. The van der Waals surface area contributed by atoms with Crippen LogP contribution in [0.5, 0.6) is 5.75 Å². The van der Waals surface area contributed by atoms with Gasteiger partial charge in [-0.2, -0.15) is 0 Å². The molecule has 0 radical (unpaired) electrons. The molecule has 0 aliphatic rings. The lowest BCUT2D eigenvalue weighted by Gasteiger charge is -2.19. The monoisotopic (exact) mass is 340 g/mol. The van der Waals surface area contributed by atoms with Gasteiger partial charge in [0.05, 0.1) is 5.69 Å². The molecule has 0 spiro atoms. The van der Waals surface area contributed by atoms with E-state index in [4.69, 9.17) is 4.74 Å². The Morgan fingerprint density at radius 2 is 1.80 bits per heavy atom. The van der Waals surface area contributed by atoms with E-state index in [1.54, 1.807) is 11.9 Å². The molecule has 2 aromatic rings. The van der Waals surface area contributed by atoms with Crippen LogP contribution in [0.1, 0.15) is 26.7 Å². The second kappa shape index (κ2) is 9.72. The van der Waals surface area contributed by atoms with Crippen LogP contribution in [-0.4, -0.2) is 26.1 Å². The molecule has 0 aromatic heterocycles. The zero-order chi connectivity index (χ0) is 18.1. The van der Waals surface area contributed by atoms with Gasteiger partial charge in [0.2, 0.25) is 0 Å². The third-order valence-corrected chi connectivity index (χ3v) is 4.41. The Kier molecular flexibility index (Phi) is 7.33. The highest BCUT2D eigenvalue weighted by atomic mass is 16.5. The molecule has 2 rings (SSSR count). The van der Waals surface area contributed by atoms with Crippen molar-refractivity contribution in [1.29, 1.82) is 0 Å². The maximum atomic E-state index is 12.4. The van der Waals surface area contributed by atoms with Crippen LogP contribution < -0.4 is 15.0 Å². The van der Waals surface area contributed by atoms with Crippen LogP contribution in [0.2, 0.25) is 0 Å². The van der Waals surface area contributed by atoms with Crippen molar-refractivity contribution >= 4 is 17.3 Å². The summed E-state index contributed by atoms with van der Waals surface area (Å²) in [7, 11) is 1.76. The number of rotatable bonds is 9. The molecule has 1 unspecified atom stereocenters. The minimum Gasteiger partial charge on any atom is -0.482 e. The SMILES string of the molecule is CCC(C)CCNc1ccccc1OCC(=O)N(C)c1ccccc1. The van der Waals surface area contributed by atoms with Crippen molar-refractivity contribution < 1.29 is 9.53 Å². The van der Waals surface area contributed by atoms with E-state index in [1.807, 2.05) is 54.6 Å². The molecule has 0 aliphatic heterocycles. The van der Waals surface area contributed by atoms with Crippen molar-refractivity contribution in [2.24, 2.45) is 5.92 Å². The highest BCUT2D eigenvalue weighted by Crippen LogP contribution is 2.24. The summed E-state index contributed by atoms with van der Waals surface area (Å²) < 4.78 is 5.77. The molecule has 1 atom stereocenters. The third-order valence-electron chi connectivity index (χ3n) is 4.41. The van der Waals surface area contributed by atoms with Gasteiger partial charge < -0.3 is 15.0 Å². The summed E-state index contributed by atoms with van der Waals surface area (Å²) >= 11 is 0. The van der Waals surface area contributed by atoms with Gasteiger partial charge in [-0.25, -0.2) is 0 Å². The molecule has 0 bridgehead atoms. The molecule has 134 valence electrons. The molecule has 4 nitrogen and oxygen atoms in total. The summed E-state index contributed by atoms with van der Waals surface area (Å²) in [5, 5.41) is 3.41. The minimum absolute atomic E-state index is 0.00938. The van der Waals surface area contributed by atoms with Gasteiger partial charge in [-0.3, -0.25) is 4.79 Å². The van der Waals surface area contributed by atoms with Crippen LogP contribution in [-0.2, 0) is 4.79 Å². The number of amides is 1. The fourth-order valence-electron chi connectivity index (χ4n) is 2.43. The Morgan fingerprint density at radius 3 is 2.52 bits per heavy atom. The lowest BCUT2D eigenvalue weighted by atomic mass is 10.1. The number of ether oxygens (including phenoxy) is 1. The Morgan fingerprint density at radius 1 is 1.12 bits per heavy atom. The number of anilines is 2. The van der Waals surface area contributed by atoms with E-state index in [1.165, 1.54) is 6.42 Å². The van der Waals surface area contributed by atoms with Gasteiger partial charge in [0, 0.05) is 19.3 Å². The molecule has 0 aliphatic carbocycles. The Balaban J connectivity index is 1.91. The lowest BCUT2D eigenvalue weighted by molar-refractivity contribution is -0.120. The molecule has 4 heteroatoms. The summed E-state index contributed by atoms with van der Waals surface area (Å²) in [6.07, 6.45) is 2.29. The number of carbonyl (C=O) groups excluding carboxylic acids is 1. The summed E-state index contributed by atoms with van der Waals surface area (Å²) in [6, 6.07) is 17.3. The Bertz CT molecular complexity index is 658. The van der Waals surface area contributed by atoms with E-state index >= 15 is 0 Å². The number of nitrogens with one attached hydrogen (secondary N) is 1. The second-order valence-electron chi connectivity index (χ2n) is 6.30. The minimum atomic E-state index is -0.0828. The van der Waals surface area contributed by atoms with Crippen LogP contribution in [0.4, 0.5) is 11.4 Å². The predicted octanol–water partition coefficient (Wildman–Crippen LogP) is 4.58. The highest BCUT2D eigenvalue weighted by Gasteiger charge is 2.12. The Hall–Kier alpha value is -2.49. The molecule has 0 saturated heterocycles. The van der Waals surface area contributed by atoms with Gasteiger partial charge in [-0.1, -0.05) is 50.6 Å². The van der Waals surface area contributed by atoms with Crippen LogP contribution in [0.25, 0.3) is 0 Å². The summed E-state index contributed by atoms with van der Waals surface area (Å²) in [6.45, 7) is 5.36. The number of nitrogens with zero attached hydrogens (tertiary/aromatic N) is 1. The first-order valence-corrected chi connectivity index (χ1v) is 8.89. The summed E-state index contributed by atoms with van der Waals surface area (Å²) in [5.41, 5.74) is 1.79. The van der Waals surface area contributed by atoms with Crippen LogP contribution in [0.15, 0.2) is 54.6 Å². The van der Waals surface area contributed by atoms with Crippen molar-refractivity contribution in [2.75, 3.05) is 30.4 Å². The molecular formula is C21H28N2O2. The van der Waals surface area contributed by atoms with E-state index in [0.29, 0.717) is 11.7 Å². The summed E-state index contributed by atoms with van der Waals surface area (Å²) in [4.78, 5) is 14.0. The van der Waals surface area contributed by atoms with E-state index < -0.39 is 0 Å². The van der Waals surface area contributed by atoms with Gasteiger partial charge >= 0.3 is 0 Å². The molecule has 25 heavy (non-hydrogen) atoms. The van der Waals surface area contributed by atoms with Crippen molar-refractivity contribution in [1.82, 2.24) is 0 Å². The van der Waals surface area contributed by atoms with Gasteiger partial charge in [0.25, 0.3) is 5.91 Å². The fraction of sp³-hybridized carbons (Fsp3) is 0.381. The third kappa shape index (κ3) is 5.82. The maximum Gasteiger partial charge on any atom is 0.264 e. The number of hydrogen-bond acceptors (Lipinski definition) is 3. The smallest absolute Gasteiger partial charge is 0.264 e. The van der Waals surface area contributed by atoms with E-state index in [9.17, 15) is 4.79 Å². The van der Waals surface area contributed by atoms with Crippen LogP contribution in [0.3, 0.4) is 0 Å². The topological polar surface area (TPSA) is 41.6 Å². The van der Waals surface area contributed by atoms with E-state index in [-0.39, 0.29) is 12.5 Å². The molecular weight excluding hydrogens is 312 g/mol.